The summed E-state index contributed by atoms with van der Waals surface area (Å²) in [6, 6.07) is 4.89. The third kappa shape index (κ3) is 4.62. The number of aryl methyl sites for hydroxylation is 1. The fourth-order valence-corrected chi connectivity index (χ4v) is 5.92. The van der Waals surface area contributed by atoms with Gasteiger partial charge in [0.2, 0.25) is 0 Å². The first kappa shape index (κ1) is 24.1. The van der Waals surface area contributed by atoms with Crippen molar-refractivity contribution in [3.05, 3.63) is 41.6 Å². The normalized spacial score (nSPS) is 19.6. The molecule has 1 aromatic carbocycles. The molecule has 0 saturated carbocycles. The Morgan fingerprint density at radius 1 is 1.28 bits per heavy atom. The van der Waals surface area contributed by atoms with E-state index < -0.39 is 43.7 Å². The van der Waals surface area contributed by atoms with Crippen LogP contribution in [0.1, 0.15) is 31.5 Å². The molecule has 32 heavy (non-hydrogen) atoms. The molecule has 1 saturated heterocycles. The van der Waals surface area contributed by atoms with E-state index in [0.29, 0.717) is 18.1 Å². The minimum absolute atomic E-state index is 0.155. The molecule has 0 spiro atoms. The number of rotatable bonds is 6. The Bertz CT molecular complexity index is 1100. The Labute approximate surface area is 185 Å². The van der Waals surface area contributed by atoms with Gasteiger partial charge in [-0.2, -0.15) is 18.3 Å². The van der Waals surface area contributed by atoms with Crippen LogP contribution in [0.2, 0.25) is 0 Å². The van der Waals surface area contributed by atoms with Crippen LogP contribution in [0.15, 0.2) is 35.2 Å². The van der Waals surface area contributed by atoms with E-state index in [0.717, 1.165) is 18.2 Å². The number of carbonyl (C=O) groups excluding carboxylic acids is 1. The van der Waals surface area contributed by atoms with Crippen LogP contribution < -0.4 is 4.90 Å². The second kappa shape index (κ2) is 8.76. The van der Waals surface area contributed by atoms with Crippen molar-refractivity contribution in [1.29, 1.82) is 0 Å². The molecule has 1 aromatic heterocycles. The highest BCUT2D eigenvalue weighted by Crippen LogP contribution is 2.38. The van der Waals surface area contributed by atoms with Crippen LogP contribution in [0, 0.1) is 12.8 Å². The molecule has 0 radical (unpaired) electrons. The van der Waals surface area contributed by atoms with E-state index in [4.69, 9.17) is 4.74 Å². The second-order valence-electron chi connectivity index (χ2n) is 8.31. The van der Waals surface area contributed by atoms with Crippen molar-refractivity contribution in [3.8, 4) is 0 Å². The molecule has 2 heterocycles. The highest BCUT2D eigenvalue weighted by molar-refractivity contribution is 7.92. The van der Waals surface area contributed by atoms with Gasteiger partial charge in [0.15, 0.2) is 9.84 Å². The van der Waals surface area contributed by atoms with Gasteiger partial charge < -0.3 is 9.64 Å². The second-order valence-corrected chi connectivity index (χ2v) is 10.5. The van der Waals surface area contributed by atoms with Crippen LogP contribution in [0.4, 0.5) is 19.0 Å². The Kier molecular flexibility index (Phi) is 6.60. The molecule has 11 heteroatoms. The Morgan fingerprint density at radius 3 is 2.53 bits per heavy atom. The Morgan fingerprint density at radius 2 is 1.94 bits per heavy atom. The number of hydrogen-bond acceptors (Lipinski definition) is 6. The van der Waals surface area contributed by atoms with Gasteiger partial charge in [-0.15, -0.1) is 0 Å². The van der Waals surface area contributed by atoms with E-state index in [1.807, 2.05) is 13.8 Å². The zero-order valence-electron chi connectivity index (χ0n) is 18.3. The van der Waals surface area contributed by atoms with Gasteiger partial charge in [-0.05, 0) is 31.4 Å². The highest BCUT2D eigenvalue weighted by atomic mass is 32.2. The van der Waals surface area contributed by atoms with Crippen LogP contribution in [-0.4, -0.2) is 49.1 Å². The summed E-state index contributed by atoms with van der Waals surface area (Å²) in [5.41, 5.74) is -0.535. The average molecular weight is 474 g/mol. The molecular formula is C21H26F3N3O4S. The summed E-state index contributed by atoms with van der Waals surface area (Å²) in [6.45, 7) is 6.13. The summed E-state index contributed by atoms with van der Waals surface area (Å²) in [5, 5.41) is 3.21. The maximum atomic E-state index is 13.5. The van der Waals surface area contributed by atoms with Crippen LogP contribution in [-0.2, 0) is 32.1 Å². The topological polar surface area (TPSA) is 81.5 Å². The van der Waals surface area contributed by atoms with Gasteiger partial charge in [0.1, 0.15) is 11.9 Å². The summed E-state index contributed by atoms with van der Waals surface area (Å²) in [5.74, 6) is 0.112. The van der Waals surface area contributed by atoms with Crippen molar-refractivity contribution in [2.24, 2.45) is 5.92 Å². The van der Waals surface area contributed by atoms with E-state index >= 15 is 0 Å². The molecule has 1 fully saturated rings. The number of aromatic nitrogens is 2. The number of ether oxygens (including phenoxy) is 1. The van der Waals surface area contributed by atoms with Gasteiger partial charge in [-0.25, -0.2) is 17.9 Å². The number of anilines is 1. The number of halogens is 3. The third-order valence-electron chi connectivity index (χ3n) is 5.39. The molecule has 1 aliphatic heterocycles. The number of carbonyl (C=O) groups is 1. The molecule has 0 unspecified atom stereocenters. The van der Waals surface area contributed by atoms with E-state index in [1.54, 1.807) is 22.6 Å². The minimum Gasteiger partial charge on any atom is -0.467 e. The maximum absolute atomic E-state index is 13.5. The zero-order chi connectivity index (χ0) is 23.8. The van der Waals surface area contributed by atoms with Crippen molar-refractivity contribution in [1.82, 2.24) is 9.78 Å². The quantitative estimate of drug-likeness (QED) is 0.598. The molecule has 0 bridgehead atoms. The lowest BCUT2D eigenvalue weighted by molar-refractivity contribution is -0.142. The van der Waals surface area contributed by atoms with Crippen LogP contribution in [0.5, 0.6) is 0 Å². The van der Waals surface area contributed by atoms with Crippen molar-refractivity contribution in [3.63, 3.8) is 0 Å². The lowest BCUT2D eigenvalue weighted by atomic mass is 10.2. The first-order valence-corrected chi connectivity index (χ1v) is 11.7. The number of methoxy groups -OCH3 is 1. The highest BCUT2D eigenvalue weighted by Gasteiger charge is 2.47. The molecule has 3 rings (SSSR count). The first-order valence-electron chi connectivity index (χ1n) is 10.1. The smallest absolute Gasteiger partial charge is 0.417 e. The van der Waals surface area contributed by atoms with Crippen LogP contribution in [0.25, 0.3) is 0 Å². The third-order valence-corrected chi connectivity index (χ3v) is 7.58. The van der Waals surface area contributed by atoms with Crippen molar-refractivity contribution >= 4 is 21.6 Å². The van der Waals surface area contributed by atoms with Crippen LogP contribution >= 0.6 is 0 Å². The lowest BCUT2D eigenvalue weighted by Gasteiger charge is -2.25. The van der Waals surface area contributed by atoms with Crippen LogP contribution in [0.3, 0.4) is 0 Å². The van der Waals surface area contributed by atoms with Gasteiger partial charge >= 0.3 is 12.1 Å². The lowest BCUT2D eigenvalue weighted by Crippen LogP contribution is -2.38. The maximum Gasteiger partial charge on any atom is 0.417 e. The number of esters is 1. The first-order chi connectivity index (χ1) is 14.9. The molecule has 1 aliphatic rings. The predicted octanol–water partition coefficient (Wildman–Crippen LogP) is 3.46. The molecule has 0 amide bonds. The summed E-state index contributed by atoms with van der Waals surface area (Å²) >= 11 is 0. The van der Waals surface area contributed by atoms with E-state index in [9.17, 15) is 26.4 Å². The Balaban J connectivity index is 2.05. The van der Waals surface area contributed by atoms with Crippen molar-refractivity contribution in [2.75, 3.05) is 18.6 Å². The number of alkyl halides is 3. The minimum atomic E-state index is -4.82. The molecule has 176 valence electrons. The summed E-state index contributed by atoms with van der Waals surface area (Å²) in [7, 11) is -3.20. The van der Waals surface area contributed by atoms with Gasteiger partial charge in [0.25, 0.3) is 0 Å². The summed E-state index contributed by atoms with van der Waals surface area (Å²) in [6.07, 6.45) is -5.01. The zero-order valence-corrected chi connectivity index (χ0v) is 19.1. The molecule has 2 aromatic rings. The summed E-state index contributed by atoms with van der Waals surface area (Å²) in [4.78, 5) is 13.3. The number of benzene rings is 1. The number of hydrogen-bond donors (Lipinski definition) is 0. The SMILES string of the molecule is COC(=O)[C@@H]1C[C@@H](S(=O)(=O)c2ccccc2C(F)(F)F)CN1c1cc(C)nn1CC(C)C. The average Bonchev–Trinajstić information content (AvgIpc) is 3.30. The van der Waals surface area contributed by atoms with Gasteiger partial charge in [-0.1, -0.05) is 26.0 Å². The summed E-state index contributed by atoms with van der Waals surface area (Å²) < 4.78 is 73.6. The predicted molar refractivity (Wildman–Crippen MR) is 112 cm³/mol. The number of nitrogens with zero attached hydrogens (tertiary/aromatic N) is 3. The molecule has 2 atom stereocenters. The molecular weight excluding hydrogens is 447 g/mol. The standard InChI is InChI=1S/C21H26F3N3O4S/c1-13(2)11-27-19(9-14(3)25-27)26-12-15(10-17(26)20(28)31-4)32(29,30)18-8-6-5-7-16(18)21(22,23)24/h5-9,13,15,17H,10-12H2,1-4H3/t15-,17+/m1/s1. The fraction of sp³-hybridized carbons (Fsp3) is 0.524. The van der Waals surface area contributed by atoms with Gasteiger partial charge in [0.05, 0.1) is 28.5 Å². The molecule has 0 N–H and O–H groups in total. The number of sulfone groups is 1. The van der Waals surface area contributed by atoms with E-state index in [-0.39, 0.29) is 18.9 Å². The van der Waals surface area contributed by atoms with E-state index in [1.165, 1.54) is 13.2 Å². The van der Waals surface area contributed by atoms with Crippen molar-refractivity contribution in [2.45, 2.75) is 56.1 Å². The van der Waals surface area contributed by atoms with Crippen molar-refractivity contribution < 1.29 is 31.1 Å². The largest absolute Gasteiger partial charge is 0.467 e. The Hall–Kier alpha value is -2.56. The van der Waals surface area contributed by atoms with Gasteiger partial charge in [-0.3, -0.25) is 0 Å². The molecule has 7 nitrogen and oxygen atoms in total. The van der Waals surface area contributed by atoms with Gasteiger partial charge in [0, 0.05) is 19.2 Å². The monoisotopic (exact) mass is 473 g/mol. The van der Waals surface area contributed by atoms with E-state index in [2.05, 4.69) is 5.10 Å². The fourth-order valence-electron chi connectivity index (χ4n) is 4.01. The molecule has 0 aliphatic carbocycles.